The molecule has 0 unspecified atom stereocenters. The molecule has 0 aliphatic carbocycles. The van der Waals surface area contributed by atoms with Crippen molar-refractivity contribution in [2.45, 2.75) is 6.42 Å². The Labute approximate surface area is 70.1 Å². The molecular formula is C6H10ClNOS. The van der Waals surface area contributed by atoms with Gasteiger partial charge in [0.05, 0.1) is 5.00 Å². The second-order valence-corrected chi connectivity index (χ2v) is 2.73. The van der Waals surface area contributed by atoms with Crippen molar-refractivity contribution in [1.29, 1.82) is 0 Å². The summed E-state index contributed by atoms with van der Waals surface area (Å²) in [5.41, 5.74) is 6.59. The van der Waals surface area contributed by atoms with Crippen molar-refractivity contribution >= 4 is 28.7 Å². The van der Waals surface area contributed by atoms with Crippen LogP contribution in [0.4, 0.5) is 5.00 Å². The van der Waals surface area contributed by atoms with Gasteiger partial charge in [0.2, 0.25) is 0 Å². The molecule has 2 nitrogen and oxygen atoms in total. The van der Waals surface area contributed by atoms with Crippen LogP contribution in [0.25, 0.3) is 0 Å². The Morgan fingerprint density at radius 2 is 2.30 bits per heavy atom. The lowest BCUT2D eigenvalue weighted by Gasteiger charge is -1.92. The third-order valence-electron chi connectivity index (χ3n) is 1.16. The molecule has 0 aliphatic heterocycles. The average molecular weight is 180 g/mol. The van der Waals surface area contributed by atoms with Crippen molar-refractivity contribution in [1.82, 2.24) is 0 Å². The molecule has 0 atom stereocenters. The molecule has 3 N–H and O–H groups in total. The van der Waals surface area contributed by atoms with Crippen LogP contribution >= 0.6 is 23.7 Å². The first kappa shape index (κ1) is 9.75. The third kappa shape index (κ3) is 2.17. The van der Waals surface area contributed by atoms with Crippen LogP contribution in [-0.2, 0) is 6.42 Å². The molecule has 10 heavy (non-hydrogen) atoms. The second-order valence-electron chi connectivity index (χ2n) is 1.78. The molecule has 0 radical (unpaired) electrons. The van der Waals surface area contributed by atoms with Crippen molar-refractivity contribution in [3.63, 3.8) is 0 Å². The standard InChI is InChI=1S/C6H9NOS.ClH/c7-6-5(1-3-8)2-4-9-6;/h2,4,8H,1,3,7H2;1H. The maximum atomic E-state index is 8.51. The van der Waals surface area contributed by atoms with Crippen molar-refractivity contribution in [3.8, 4) is 0 Å². The molecule has 0 aliphatic rings. The molecule has 1 heterocycles. The van der Waals surface area contributed by atoms with E-state index in [1.807, 2.05) is 11.4 Å². The Balaban J connectivity index is 0.000000810. The normalized spacial score (nSPS) is 8.90. The molecule has 0 fully saturated rings. The van der Waals surface area contributed by atoms with Crippen LogP contribution in [0.5, 0.6) is 0 Å². The zero-order valence-corrected chi connectivity index (χ0v) is 7.04. The number of nitrogens with two attached hydrogens (primary N) is 1. The van der Waals surface area contributed by atoms with Crippen LogP contribution in [-0.4, -0.2) is 11.7 Å². The number of hydrogen-bond donors (Lipinski definition) is 2. The van der Waals surface area contributed by atoms with Gasteiger partial charge in [0, 0.05) is 6.61 Å². The van der Waals surface area contributed by atoms with E-state index in [1.54, 1.807) is 0 Å². The Hall–Kier alpha value is -0.250. The topological polar surface area (TPSA) is 46.2 Å². The van der Waals surface area contributed by atoms with Gasteiger partial charge in [0.15, 0.2) is 0 Å². The first-order valence-electron chi connectivity index (χ1n) is 2.77. The molecule has 4 heteroatoms. The average Bonchev–Trinajstić information content (AvgIpc) is 2.18. The molecule has 0 bridgehead atoms. The Kier molecular flexibility index (Phi) is 4.43. The lowest BCUT2D eigenvalue weighted by molar-refractivity contribution is 0.300. The minimum absolute atomic E-state index is 0. The van der Waals surface area contributed by atoms with Gasteiger partial charge in [0.1, 0.15) is 0 Å². The highest BCUT2D eigenvalue weighted by Crippen LogP contribution is 2.18. The van der Waals surface area contributed by atoms with E-state index < -0.39 is 0 Å². The van der Waals surface area contributed by atoms with E-state index in [0.29, 0.717) is 6.42 Å². The van der Waals surface area contributed by atoms with Gasteiger partial charge in [-0.15, -0.1) is 23.7 Å². The quantitative estimate of drug-likeness (QED) is 0.719. The molecule has 1 rings (SSSR count). The minimum atomic E-state index is 0. The fourth-order valence-electron chi connectivity index (χ4n) is 0.674. The molecule has 1 aromatic rings. The van der Waals surface area contributed by atoms with Crippen LogP contribution < -0.4 is 5.73 Å². The first-order valence-corrected chi connectivity index (χ1v) is 3.65. The van der Waals surface area contributed by atoms with E-state index in [4.69, 9.17) is 10.8 Å². The molecule has 1 aromatic heterocycles. The highest BCUT2D eigenvalue weighted by molar-refractivity contribution is 7.14. The Morgan fingerprint density at radius 3 is 2.70 bits per heavy atom. The summed E-state index contributed by atoms with van der Waals surface area (Å²) in [6.45, 7) is 0.181. The fourth-order valence-corrected chi connectivity index (χ4v) is 1.37. The molecule has 0 amide bonds. The maximum Gasteiger partial charge on any atom is 0.0889 e. The largest absolute Gasteiger partial charge is 0.396 e. The van der Waals surface area contributed by atoms with Gasteiger partial charge in [-0.3, -0.25) is 0 Å². The molecule has 58 valence electrons. The van der Waals surface area contributed by atoms with E-state index in [1.165, 1.54) is 11.3 Å². The molecular weight excluding hydrogens is 170 g/mol. The number of hydrogen-bond acceptors (Lipinski definition) is 3. The van der Waals surface area contributed by atoms with Gasteiger partial charge >= 0.3 is 0 Å². The van der Waals surface area contributed by atoms with E-state index in [-0.39, 0.29) is 19.0 Å². The van der Waals surface area contributed by atoms with Crippen molar-refractivity contribution < 1.29 is 5.11 Å². The summed E-state index contributed by atoms with van der Waals surface area (Å²) in [5.74, 6) is 0. The zero-order chi connectivity index (χ0) is 6.69. The predicted octanol–water partition coefficient (Wildman–Crippen LogP) is 1.29. The summed E-state index contributed by atoms with van der Waals surface area (Å²) >= 11 is 1.51. The fraction of sp³-hybridized carbons (Fsp3) is 0.333. The van der Waals surface area contributed by atoms with Gasteiger partial charge < -0.3 is 10.8 Å². The number of rotatable bonds is 2. The van der Waals surface area contributed by atoms with Crippen LogP contribution in [0.3, 0.4) is 0 Å². The van der Waals surface area contributed by atoms with Gasteiger partial charge in [-0.25, -0.2) is 0 Å². The summed E-state index contributed by atoms with van der Waals surface area (Å²) in [6, 6.07) is 1.94. The lowest BCUT2D eigenvalue weighted by Crippen LogP contribution is -1.91. The lowest BCUT2D eigenvalue weighted by atomic mass is 10.2. The van der Waals surface area contributed by atoms with Crippen molar-refractivity contribution in [2.75, 3.05) is 12.3 Å². The number of anilines is 1. The van der Waals surface area contributed by atoms with Gasteiger partial charge in [-0.2, -0.15) is 0 Å². The first-order chi connectivity index (χ1) is 4.34. The SMILES string of the molecule is Cl.Nc1sccc1CCO. The highest BCUT2D eigenvalue weighted by Gasteiger charge is 1.96. The van der Waals surface area contributed by atoms with Crippen LogP contribution in [0.1, 0.15) is 5.56 Å². The van der Waals surface area contributed by atoms with Gasteiger partial charge in [-0.05, 0) is 23.4 Å². The van der Waals surface area contributed by atoms with E-state index in [2.05, 4.69) is 0 Å². The monoisotopic (exact) mass is 179 g/mol. The highest BCUT2D eigenvalue weighted by atomic mass is 35.5. The van der Waals surface area contributed by atoms with E-state index in [0.717, 1.165) is 10.6 Å². The molecule has 0 saturated carbocycles. The van der Waals surface area contributed by atoms with Crippen molar-refractivity contribution in [2.24, 2.45) is 0 Å². The number of thiophene rings is 1. The van der Waals surface area contributed by atoms with Crippen molar-refractivity contribution in [3.05, 3.63) is 17.0 Å². The van der Waals surface area contributed by atoms with Gasteiger partial charge in [0.25, 0.3) is 0 Å². The molecule has 0 spiro atoms. The Bertz CT molecular complexity index is 190. The van der Waals surface area contributed by atoms with Crippen LogP contribution in [0.15, 0.2) is 11.4 Å². The summed E-state index contributed by atoms with van der Waals surface area (Å²) in [6.07, 6.45) is 0.676. The zero-order valence-electron chi connectivity index (χ0n) is 5.41. The van der Waals surface area contributed by atoms with E-state index >= 15 is 0 Å². The summed E-state index contributed by atoms with van der Waals surface area (Å²) in [4.78, 5) is 0. The van der Waals surface area contributed by atoms with E-state index in [9.17, 15) is 0 Å². The number of aliphatic hydroxyl groups is 1. The van der Waals surface area contributed by atoms with Gasteiger partial charge in [-0.1, -0.05) is 0 Å². The molecule has 0 aromatic carbocycles. The van der Waals surface area contributed by atoms with Crippen LogP contribution in [0.2, 0.25) is 0 Å². The smallest absolute Gasteiger partial charge is 0.0889 e. The molecule has 0 saturated heterocycles. The second kappa shape index (κ2) is 4.55. The summed E-state index contributed by atoms with van der Waals surface area (Å²) in [7, 11) is 0. The minimum Gasteiger partial charge on any atom is -0.396 e. The maximum absolute atomic E-state index is 8.51. The predicted molar refractivity (Wildman–Crippen MR) is 46.8 cm³/mol. The number of nitrogen functional groups attached to an aromatic ring is 1. The van der Waals surface area contributed by atoms with Crippen LogP contribution in [0, 0.1) is 0 Å². The third-order valence-corrected chi connectivity index (χ3v) is 1.95. The summed E-state index contributed by atoms with van der Waals surface area (Å²) in [5, 5.41) is 11.3. The number of halogens is 1. The number of aliphatic hydroxyl groups excluding tert-OH is 1. The summed E-state index contributed by atoms with van der Waals surface area (Å²) < 4.78 is 0. The Morgan fingerprint density at radius 1 is 1.60 bits per heavy atom.